The minimum atomic E-state index is -0.713. The van der Waals surface area contributed by atoms with Gasteiger partial charge in [0.05, 0.1) is 5.70 Å². The van der Waals surface area contributed by atoms with Crippen LogP contribution in [0.15, 0.2) is 59.8 Å². The van der Waals surface area contributed by atoms with Crippen molar-refractivity contribution in [2.45, 2.75) is 64.7 Å². The third-order valence-electron chi connectivity index (χ3n) is 7.60. The van der Waals surface area contributed by atoms with Gasteiger partial charge < -0.3 is 5.73 Å². The van der Waals surface area contributed by atoms with Crippen LogP contribution in [0.5, 0.6) is 0 Å². The number of nitrogens with one attached hydrogen (secondary N) is 2. The van der Waals surface area contributed by atoms with E-state index in [1.165, 1.54) is 5.06 Å². The first kappa shape index (κ1) is 28.9. The van der Waals surface area contributed by atoms with Crippen molar-refractivity contribution in [3.63, 3.8) is 0 Å². The average Bonchev–Trinajstić information content (AvgIpc) is 2.90. The monoisotopic (exact) mass is 517 g/mol. The van der Waals surface area contributed by atoms with Gasteiger partial charge in [0.2, 0.25) is 0 Å². The molecule has 2 atom stereocenters. The number of hydrogen-bond acceptors (Lipinski definition) is 7. The molecular formula is C27H44FN7O2. The van der Waals surface area contributed by atoms with Gasteiger partial charge in [-0.3, -0.25) is 30.8 Å². The summed E-state index contributed by atoms with van der Waals surface area (Å²) in [4.78, 5) is 18.2. The first-order valence-corrected chi connectivity index (χ1v) is 13.4. The van der Waals surface area contributed by atoms with Crippen molar-refractivity contribution < 1.29 is 14.4 Å². The minimum Gasteiger partial charge on any atom is -0.350 e. The zero-order chi connectivity index (χ0) is 26.9. The Kier molecular flexibility index (Phi) is 10.7. The van der Waals surface area contributed by atoms with Gasteiger partial charge in [0.15, 0.2) is 0 Å². The molecule has 3 rings (SSSR count). The van der Waals surface area contributed by atoms with Gasteiger partial charge in [-0.2, -0.15) is 0 Å². The van der Waals surface area contributed by atoms with E-state index in [4.69, 9.17) is 5.73 Å². The lowest BCUT2D eigenvalue weighted by atomic mass is 9.97. The van der Waals surface area contributed by atoms with E-state index < -0.39 is 6.03 Å². The van der Waals surface area contributed by atoms with Crippen LogP contribution in [0.1, 0.15) is 46.5 Å². The fraction of sp³-hybridized carbons (Fsp3) is 0.593. The molecule has 0 aromatic heterocycles. The third kappa shape index (κ3) is 7.67. The Hall–Kier alpha value is -2.66. The van der Waals surface area contributed by atoms with E-state index in [1.807, 2.05) is 26.0 Å². The lowest BCUT2D eigenvalue weighted by Crippen LogP contribution is -2.61. The summed E-state index contributed by atoms with van der Waals surface area (Å²) in [6, 6.07) is 0.228. The molecule has 2 saturated heterocycles. The van der Waals surface area contributed by atoms with Gasteiger partial charge in [0, 0.05) is 50.0 Å². The lowest BCUT2D eigenvalue weighted by Gasteiger charge is -2.49. The van der Waals surface area contributed by atoms with Crippen molar-refractivity contribution in [2.75, 3.05) is 39.3 Å². The summed E-state index contributed by atoms with van der Waals surface area (Å²) in [5.41, 5.74) is 12.0. The normalized spacial score (nSPS) is 25.2. The van der Waals surface area contributed by atoms with Gasteiger partial charge in [0.25, 0.3) is 0 Å². The number of primary amides is 1. The second kappa shape index (κ2) is 13.8. The van der Waals surface area contributed by atoms with Crippen LogP contribution in [0.2, 0.25) is 0 Å². The van der Waals surface area contributed by atoms with Crippen molar-refractivity contribution in [2.24, 2.45) is 5.73 Å². The van der Waals surface area contributed by atoms with Crippen LogP contribution in [-0.2, 0) is 0 Å². The molecule has 3 aliphatic rings. The van der Waals surface area contributed by atoms with E-state index in [2.05, 4.69) is 39.1 Å². The molecule has 37 heavy (non-hydrogen) atoms. The number of nitrogens with two attached hydrogens (primary N) is 1. The summed E-state index contributed by atoms with van der Waals surface area (Å²) in [6.07, 6.45) is 12.5. The molecular weight excluding hydrogens is 473 g/mol. The molecule has 2 amide bonds. The highest BCUT2D eigenvalue weighted by atomic mass is 19.1. The largest absolute Gasteiger partial charge is 0.350 e. The Balaban J connectivity index is 1.53. The van der Waals surface area contributed by atoms with Crippen molar-refractivity contribution >= 4 is 6.03 Å². The van der Waals surface area contributed by atoms with Crippen molar-refractivity contribution in [1.82, 2.24) is 30.6 Å². The van der Waals surface area contributed by atoms with Crippen LogP contribution in [0.25, 0.3) is 0 Å². The zero-order valence-electron chi connectivity index (χ0n) is 22.5. The highest BCUT2D eigenvalue weighted by Gasteiger charge is 2.36. The maximum absolute atomic E-state index is 14.3. The van der Waals surface area contributed by atoms with Gasteiger partial charge in [-0.15, -0.1) is 0 Å². The highest BCUT2D eigenvalue weighted by Crippen LogP contribution is 2.27. The fourth-order valence-electron chi connectivity index (χ4n) is 5.49. The van der Waals surface area contributed by atoms with Crippen LogP contribution >= 0.6 is 0 Å². The molecule has 2 fully saturated rings. The number of hydrogen-bond donors (Lipinski definition) is 4. The molecule has 206 valence electrons. The average molecular weight is 518 g/mol. The van der Waals surface area contributed by atoms with Crippen LogP contribution in [0, 0.1) is 0 Å². The molecule has 0 bridgehead atoms. The van der Waals surface area contributed by atoms with Crippen molar-refractivity contribution in [3.05, 3.63) is 59.8 Å². The Labute approximate surface area is 220 Å². The smallest absolute Gasteiger partial charge is 0.330 e. The SMILES string of the molecule is C=C(NNC(N)=O)C1=CN(O)C(N2CCN(C3CCN(C/C(CC)=C(F)/C=C\C)CC3)C(CC)C2)C=C1. The molecule has 0 radical (unpaired) electrons. The van der Waals surface area contributed by atoms with Crippen molar-refractivity contribution in [1.29, 1.82) is 0 Å². The van der Waals surface area contributed by atoms with Crippen LogP contribution in [0.4, 0.5) is 9.18 Å². The maximum Gasteiger partial charge on any atom is 0.330 e. The van der Waals surface area contributed by atoms with E-state index >= 15 is 0 Å². The van der Waals surface area contributed by atoms with E-state index in [-0.39, 0.29) is 12.0 Å². The number of rotatable bonds is 10. The Morgan fingerprint density at radius 3 is 2.57 bits per heavy atom. The number of carbonyl (C=O) groups excluding carboxylic acids is 1. The third-order valence-corrected chi connectivity index (χ3v) is 7.60. The number of allylic oxidation sites excluding steroid dienone is 4. The zero-order valence-corrected chi connectivity index (χ0v) is 22.5. The molecule has 0 spiro atoms. The highest BCUT2D eigenvalue weighted by molar-refractivity contribution is 5.71. The molecule has 3 heterocycles. The summed E-state index contributed by atoms with van der Waals surface area (Å²) >= 11 is 0. The van der Waals surface area contributed by atoms with E-state index in [0.717, 1.165) is 64.0 Å². The second-order valence-corrected chi connectivity index (χ2v) is 9.94. The molecule has 0 aromatic carbocycles. The minimum absolute atomic E-state index is 0.0890. The molecule has 0 aromatic rings. The number of hydrazine groups is 1. The molecule has 5 N–H and O–H groups in total. The molecule has 3 aliphatic heterocycles. The summed E-state index contributed by atoms with van der Waals surface area (Å²) in [5.74, 6) is -0.0890. The predicted molar refractivity (Wildman–Crippen MR) is 145 cm³/mol. The summed E-state index contributed by atoms with van der Waals surface area (Å²) in [7, 11) is 0. The number of piperidine rings is 1. The summed E-state index contributed by atoms with van der Waals surface area (Å²) in [6.45, 7) is 15.3. The van der Waals surface area contributed by atoms with E-state index in [9.17, 15) is 14.4 Å². The molecule has 0 aliphatic carbocycles. The first-order chi connectivity index (χ1) is 17.8. The number of piperazine rings is 1. The molecule has 9 nitrogen and oxygen atoms in total. The predicted octanol–water partition coefficient (Wildman–Crippen LogP) is 3.21. The topological polar surface area (TPSA) is 100 Å². The van der Waals surface area contributed by atoms with E-state index in [0.29, 0.717) is 29.9 Å². The van der Waals surface area contributed by atoms with Gasteiger partial charge >= 0.3 is 6.03 Å². The number of carbonyl (C=O) groups is 1. The number of halogens is 1. The number of urea groups is 1. The fourth-order valence-corrected chi connectivity index (χ4v) is 5.49. The van der Waals surface area contributed by atoms with Gasteiger partial charge in [-0.25, -0.2) is 14.2 Å². The van der Waals surface area contributed by atoms with Gasteiger partial charge in [-0.1, -0.05) is 32.6 Å². The van der Waals surface area contributed by atoms with Crippen LogP contribution in [0.3, 0.4) is 0 Å². The molecule has 2 unspecified atom stereocenters. The Morgan fingerprint density at radius 1 is 1.24 bits per heavy atom. The maximum atomic E-state index is 14.3. The second-order valence-electron chi connectivity index (χ2n) is 9.94. The number of hydroxylamine groups is 2. The molecule has 10 heteroatoms. The molecule has 0 saturated carbocycles. The van der Waals surface area contributed by atoms with Gasteiger partial charge in [0.1, 0.15) is 12.0 Å². The summed E-state index contributed by atoms with van der Waals surface area (Å²) < 4.78 is 14.3. The van der Waals surface area contributed by atoms with Crippen molar-refractivity contribution in [3.8, 4) is 0 Å². The van der Waals surface area contributed by atoms with E-state index in [1.54, 1.807) is 18.4 Å². The Bertz CT molecular complexity index is 924. The number of nitrogens with zero attached hydrogens (tertiary/aromatic N) is 4. The number of likely N-dealkylation sites (tertiary alicyclic amines) is 1. The Morgan fingerprint density at radius 2 is 1.97 bits per heavy atom. The van der Waals surface area contributed by atoms with Gasteiger partial charge in [-0.05, 0) is 63.4 Å². The lowest BCUT2D eigenvalue weighted by molar-refractivity contribution is -0.131. The standard InChI is InChI=1S/C27H44FN7O2/c1-5-8-25(28)21(6-2)17-32-13-11-24(12-14-32)34-16-15-33(19-23(34)7-3)26-10-9-22(18-35(26)37)20(4)30-31-27(29)36/h5,8-10,18,23-24,26,30,37H,4,6-7,11-17,19H2,1-3H3,(H3,29,31,36)/b8-5-,25-21-. The van der Waals surface area contributed by atoms with Crippen LogP contribution < -0.4 is 16.6 Å². The first-order valence-electron chi connectivity index (χ1n) is 13.4. The quantitative estimate of drug-likeness (QED) is 0.261. The number of amides is 2. The van der Waals surface area contributed by atoms with Crippen LogP contribution in [-0.4, -0.2) is 88.5 Å². The summed E-state index contributed by atoms with van der Waals surface area (Å²) in [5, 5.41) is 11.9.